The van der Waals surface area contributed by atoms with Crippen molar-refractivity contribution in [2.45, 2.75) is 27.2 Å². The summed E-state index contributed by atoms with van der Waals surface area (Å²) in [5, 5.41) is 0.563. The number of hydrogen-bond acceptors (Lipinski definition) is 6. The Morgan fingerprint density at radius 3 is 2.60 bits per heavy atom. The Hall–Kier alpha value is -2.52. The Kier molecular flexibility index (Phi) is 4.69. The van der Waals surface area contributed by atoms with Gasteiger partial charge in [-0.2, -0.15) is 0 Å². The number of hydrazine groups is 1. The van der Waals surface area contributed by atoms with Gasteiger partial charge in [0.05, 0.1) is 16.7 Å². The first-order chi connectivity index (χ1) is 11.8. The van der Waals surface area contributed by atoms with Gasteiger partial charge in [-0.15, -0.1) is 22.7 Å². The molecule has 0 saturated carbocycles. The highest BCUT2D eigenvalue weighted by molar-refractivity contribution is 7.18. The number of aromatic amines is 1. The van der Waals surface area contributed by atoms with Crippen molar-refractivity contribution in [3.8, 4) is 0 Å². The van der Waals surface area contributed by atoms with Crippen LogP contribution >= 0.6 is 22.7 Å². The van der Waals surface area contributed by atoms with Gasteiger partial charge in [-0.05, 0) is 38.5 Å². The second kappa shape index (κ2) is 6.77. The zero-order valence-corrected chi connectivity index (χ0v) is 15.5. The number of aromatic nitrogens is 2. The van der Waals surface area contributed by atoms with Crippen LogP contribution in [0.2, 0.25) is 0 Å². The standard InChI is InChI=1S/C16H16N4O3S2/c1-7-4-5-10(24-7)14(22)20-19-12(21)6-11-17-15(23)13-8(2)9(3)25-16(13)18-11/h4-5H,6H2,1-3H3,(H,19,21)(H,20,22)(H,17,18,23). The van der Waals surface area contributed by atoms with E-state index in [1.54, 1.807) is 6.07 Å². The molecule has 3 rings (SSSR count). The summed E-state index contributed by atoms with van der Waals surface area (Å²) >= 11 is 2.76. The zero-order chi connectivity index (χ0) is 18.1. The molecule has 25 heavy (non-hydrogen) atoms. The molecule has 7 nitrogen and oxygen atoms in total. The number of hydrogen-bond donors (Lipinski definition) is 3. The van der Waals surface area contributed by atoms with E-state index in [9.17, 15) is 14.4 Å². The van der Waals surface area contributed by atoms with E-state index in [0.29, 0.717) is 15.1 Å². The van der Waals surface area contributed by atoms with Crippen LogP contribution in [0.15, 0.2) is 16.9 Å². The van der Waals surface area contributed by atoms with Gasteiger partial charge < -0.3 is 4.98 Å². The third-order valence-electron chi connectivity index (χ3n) is 3.70. The maximum Gasteiger partial charge on any atom is 0.279 e. The fourth-order valence-corrected chi connectivity index (χ4v) is 4.14. The molecule has 3 N–H and O–H groups in total. The molecule has 0 aliphatic rings. The number of thiophene rings is 2. The second-order valence-electron chi connectivity index (χ2n) is 5.57. The van der Waals surface area contributed by atoms with Gasteiger partial charge in [0.2, 0.25) is 5.91 Å². The van der Waals surface area contributed by atoms with Crippen molar-refractivity contribution in [2.24, 2.45) is 0 Å². The number of rotatable bonds is 3. The van der Waals surface area contributed by atoms with Crippen LogP contribution in [0, 0.1) is 20.8 Å². The highest BCUT2D eigenvalue weighted by atomic mass is 32.1. The third-order valence-corrected chi connectivity index (χ3v) is 5.80. The molecule has 2 amide bonds. The molecule has 3 heterocycles. The van der Waals surface area contributed by atoms with Crippen molar-refractivity contribution < 1.29 is 9.59 Å². The molecule has 0 aliphatic carbocycles. The maximum atomic E-state index is 12.2. The molecule has 0 radical (unpaired) electrons. The Labute approximate surface area is 151 Å². The number of nitrogens with one attached hydrogen (secondary N) is 3. The van der Waals surface area contributed by atoms with Gasteiger partial charge in [0, 0.05) is 9.75 Å². The van der Waals surface area contributed by atoms with E-state index in [1.807, 2.05) is 26.8 Å². The molecule has 0 fully saturated rings. The number of carbonyl (C=O) groups excluding carboxylic acids is 2. The fourth-order valence-electron chi connectivity index (χ4n) is 2.32. The topological polar surface area (TPSA) is 104 Å². The van der Waals surface area contributed by atoms with Crippen molar-refractivity contribution in [2.75, 3.05) is 0 Å². The van der Waals surface area contributed by atoms with Crippen molar-refractivity contribution in [3.63, 3.8) is 0 Å². The lowest BCUT2D eigenvalue weighted by molar-refractivity contribution is -0.121. The van der Waals surface area contributed by atoms with Crippen LogP contribution in [0.25, 0.3) is 10.2 Å². The van der Waals surface area contributed by atoms with E-state index in [2.05, 4.69) is 20.8 Å². The molecule has 0 aliphatic heterocycles. The molecular formula is C16H16N4O3S2. The average Bonchev–Trinajstić information content (AvgIpc) is 3.09. The van der Waals surface area contributed by atoms with Crippen LogP contribution in [-0.2, 0) is 11.2 Å². The van der Waals surface area contributed by atoms with Crippen LogP contribution in [0.5, 0.6) is 0 Å². The van der Waals surface area contributed by atoms with E-state index in [1.165, 1.54) is 22.7 Å². The summed E-state index contributed by atoms with van der Waals surface area (Å²) in [6.45, 7) is 5.70. The molecular weight excluding hydrogens is 360 g/mol. The highest BCUT2D eigenvalue weighted by Gasteiger charge is 2.14. The number of aryl methyl sites for hydroxylation is 3. The number of fused-ring (bicyclic) bond motifs is 1. The number of H-pyrrole nitrogens is 1. The lowest BCUT2D eigenvalue weighted by atomic mass is 10.2. The van der Waals surface area contributed by atoms with E-state index in [4.69, 9.17) is 0 Å². The van der Waals surface area contributed by atoms with Crippen LogP contribution in [0.4, 0.5) is 0 Å². The zero-order valence-electron chi connectivity index (χ0n) is 13.9. The van der Waals surface area contributed by atoms with Crippen LogP contribution < -0.4 is 16.4 Å². The predicted octanol–water partition coefficient (Wildman–Crippen LogP) is 1.98. The summed E-state index contributed by atoms with van der Waals surface area (Å²) in [6.07, 6.45) is -0.134. The molecule has 3 aromatic rings. The van der Waals surface area contributed by atoms with E-state index in [-0.39, 0.29) is 23.7 Å². The molecule has 0 bridgehead atoms. The number of nitrogens with zero attached hydrogens (tertiary/aromatic N) is 1. The van der Waals surface area contributed by atoms with Gasteiger partial charge in [-0.3, -0.25) is 25.2 Å². The van der Waals surface area contributed by atoms with Gasteiger partial charge in [0.25, 0.3) is 11.5 Å². The molecule has 0 spiro atoms. The van der Waals surface area contributed by atoms with Crippen molar-refractivity contribution in [1.82, 2.24) is 20.8 Å². The summed E-state index contributed by atoms with van der Waals surface area (Å²) in [7, 11) is 0. The van der Waals surface area contributed by atoms with Crippen LogP contribution in [0.3, 0.4) is 0 Å². The molecule has 130 valence electrons. The molecule has 0 saturated heterocycles. The summed E-state index contributed by atoms with van der Waals surface area (Å²) in [5.74, 6) is -0.584. The van der Waals surface area contributed by atoms with Gasteiger partial charge in [0.1, 0.15) is 10.7 Å². The minimum absolute atomic E-state index is 0.134. The van der Waals surface area contributed by atoms with Gasteiger partial charge >= 0.3 is 0 Å². The fraction of sp³-hybridized carbons (Fsp3) is 0.250. The minimum Gasteiger partial charge on any atom is -0.309 e. The summed E-state index contributed by atoms with van der Waals surface area (Å²) < 4.78 is 0. The SMILES string of the molecule is Cc1ccc(C(=O)NNC(=O)Cc2nc3sc(C)c(C)c3c(=O)[nH]2)s1. The van der Waals surface area contributed by atoms with E-state index < -0.39 is 5.91 Å². The first-order valence-electron chi connectivity index (χ1n) is 7.49. The maximum absolute atomic E-state index is 12.2. The van der Waals surface area contributed by atoms with Crippen LogP contribution in [0.1, 0.15) is 30.8 Å². The monoisotopic (exact) mass is 376 g/mol. The number of carbonyl (C=O) groups is 2. The van der Waals surface area contributed by atoms with Crippen molar-refractivity contribution >= 4 is 44.7 Å². The highest BCUT2D eigenvalue weighted by Crippen LogP contribution is 2.25. The Bertz CT molecular complexity index is 1030. The molecule has 9 heteroatoms. The largest absolute Gasteiger partial charge is 0.309 e. The first-order valence-corrected chi connectivity index (χ1v) is 9.13. The predicted molar refractivity (Wildman–Crippen MR) is 98.1 cm³/mol. The quantitative estimate of drug-likeness (QED) is 0.608. The minimum atomic E-state index is -0.464. The Morgan fingerprint density at radius 1 is 1.16 bits per heavy atom. The molecule has 3 aromatic heterocycles. The normalized spacial score (nSPS) is 10.8. The Morgan fingerprint density at radius 2 is 1.92 bits per heavy atom. The molecule has 0 atom stereocenters. The van der Waals surface area contributed by atoms with Crippen molar-refractivity contribution in [1.29, 1.82) is 0 Å². The summed E-state index contributed by atoms with van der Waals surface area (Å²) in [4.78, 5) is 46.2. The van der Waals surface area contributed by atoms with Gasteiger partial charge in [0.15, 0.2) is 0 Å². The Balaban J connectivity index is 1.68. The average molecular weight is 376 g/mol. The first kappa shape index (κ1) is 17.3. The lowest BCUT2D eigenvalue weighted by Gasteiger charge is -2.06. The molecule has 0 aromatic carbocycles. The summed E-state index contributed by atoms with van der Waals surface area (Å²) in [5.41, 5.74) is 5.33. The second-order valence-corrected chi connectivity index (χ2v) is 8.06. The third kappa shape index (κ3) is 3.62. The van der Waals surface area contributed by atoms with Gasteiger partial charge in [-0.25, -0.2) is 4.98 Å². The lowest BCUT2D eigenvalue weighted by Crippen LogP contribution is -2.42. The van der Waals surface area contributed by atoms with Gasteiger partial charge in [-0.1, -0.05) is 0 Å². The summed E-state index contributed by atoms with van der Waals surface area (Å²) in [6, 6.07) is 3.52. The molecule has 0 unspecified atom stereocenters. The van der Waals surface area contributed by atoms with E-state index in [0.717, 1.165) is 15.3 Å². The smallest absolute Gasteiger partial charge is 0.279 e. The van der Waals surface area contributed by atoms with Crippen LogP contribution in [-0.4, -0.2) is 21.8 Å². The van der Waals surface area contributed by atoms with Crippen molar-refractivity contribution in [3.05, 3.63) is 48.5 Å². The van der Waals surface area contributed by atoms with E-state index >= 15 is 0 Å². The number of amides is 2.